The molecule has 72 valence electrons. The van der Waals surface area contributed by atoms with Crippen molar-refractivity contribution in [1.82, 2.24) is 0 Å². The van der Waals surface area contributed by atoms with Crippen LogP contribution in [0.25, 0.3) is 0 Å². The first-order chi connectivity index (χ1) is 6.34. The summed E-state index contributed by atoms with van der Waals surface area (Å²) in [4.78, 5) is 0. The second-order valence-electron chi connectivity index (χ2n) is 3.64. The second kappa shape index (κ2) is 4.22. The van der Waals surface area contributed by atoms with Crippen LogP contribution in [0, 0.1) is 0 Å². The number of ether oxygens (including phenoxy) is 1. The van der Waals surface area contributed by atoms with E-state index in [1.54, 1.807) is 11.3 Å². The Morgan fingerprint density at radius 1 is 1.54 bits per heavy atom. The van der Waals surface area contributed by atoms with E-state index >= 15 is 0 Å². The van der Waals surface area contributed by atoms with Crippen molar-refractivity contribution in [3.8, 4) is 0 Å². The Balaban J connectivity index is 1.74. The summed E-state index contributed by atoms with van der Waals surface area (Å²) >= 11 is 1.72. The summed E-state index contributed by atoms with van der Waals surface area (Å²) in [5.74, 6) is 0. The van der Waals surface area contributed by atoms with Crippen LogP contribution in [0.5, 0.6) is 0 Å². The summed E-state index contributed by atoms with van der Waals surface area (Å²) in [6.07, 6.45) is 3.68. The molecular formula is C10H15NOS. The molecule has 2 rings (SSSR count). The number of thiophene rings is 1. The zero-order valence-electron chi connectivity index (χ0n) is 7.61. The molecule has 1 saturated carbocycles. The van der Waals surface area contributed by atoms with E-state index in [1.165, 1.54) is 5.56 Å². The molecule has 2 nitrogen and oxygen atoms in total. The van der Waals surface area contributed by atoms with Gasteiger partial charge >= 0.3 is 0 Å². The first kappa shape index (κ1) is 9.19. The lowest BCUT2D eigenvalue weighted by molar-refractivity contribution is 0.0450. The molecule has 0 aromatic carbocycles. The first-order valence-electron chi connectivity index (χ1n) is 4.73. The predicted octanol–water partition coefficient (Wildman–Crippen LogP) is 2.14. The topological polar surface area (TPSA) is 35.2 Å². The molecule has 2 atom stereocenters. The SMILES string of the molecule is NC1CCC(OCc2ccsc2)C1. The molecule has 3 heteroatoms. The molecule has 1 aromatic rings. The Morgan fingerprint density at radius 2 is 2.46 bits per heavy atom. The van der Waals surface area contributed by atoms with Crippen LogP contribution in [0.2, 0.25) is 0 Å². The number of nitrogens with two attached hydrogens (primary N) is 1. The van der Waals surface area contributed by atoms with Gasteiger partial charge in [0.05, 0.1) is 12.7 Å². The van der Waals surface area contributed by atoms with E-state index in [1.807, 2.05) is 0 Å². The molecule has 0 spiro atoms. The molecule has 1 aliphatic carbocycles. The average molecular weight is 197 g/mol. The van der Waals surface area contributed by atoms with E-state index in [9.17, 15) is 0 Å². The van der Waals surface area contributed by atoms with Crippen molar-refractivity contribution in [3.63, 3.8) is 0 Å². The Morgan fingerprint density at radius 3 is 3.08 bits per heavy atom. The zero-order valence-corrected chi connectivity index (χ0v) is 8.43. The maximum absolute atomic E-state index is 5.80. The summed E-state index contributed by atoms with van der Waals surface area (Å²) in [5.41, 5.74) is 7.08. The lowest BCUT2D eigenvalue weighted by Crippen LogP contribution is -2.17. The van der Waals surface area contributed by atoms with Crippen molar-refractivity contribution in [1.29, 1.82) is 0 Å². The normalized spacial score (nSPS) is 28.1. The van der Waals surface area contributed by atoms with Crippen molar-refractivity contribution >= 4 is 11.3 Å². The van der Waals surface area contributed by atoms with Gasteiger partial charge in [-0.1, -0.05) is 0 Å². The third-order valence-corrected chi connectivity index (χ3v) is 3.22. The van der Waals surface area contributed by atoms with Gasteiger partial charge in [0, 0.05) is 6.04 Å². The molecule has 0 saturated heterocycles. The lowest BCUT2D eigenvalue weighted by Gasteiger charge is -2.10. The highest BCUT2D eigenvalue weighted by Crippen LogP contribution is 2.21. The Bertz CT molecular complexity index is 247. The van der Waals surface area contributed by atoms with Crippen LogP contribution < -0.4 is 5.73 Å². The zero-order chi connectivity index (χ0) is 9.10. The average Bonchev–Trinajstić information content (AvgIpc) is 2.71. The van der Waals surface area contributed by atoms with Crippen molar-refractivity contribution in [2.75, 3.05) is 0 Å². The number of hydrogen-bond donors (Lipinski definition) is 1. The van der Waals surface area contributed by atoms with Crippen LogP contribution in [0.1, 0.15) is 24.8 Å². The lowest BCUT2D eigenvalue weighted by atomic mass is 10.3. The van der Waals surface area contributed by atoms with Gasteiger partial charge in [-0.15, -0.1) is 0 Å². The maximum Gasteiger partial charge on any atom is 0.0728 e. The Labute approximate surface area is 82.7 Å². The minimum Gasteiger partial charge on any atom is -0.373 e. The van der Waals surface area contributed by atoms with Gasteiger partial charge in [-0.3, -0.25) is 0 Å². The smallest absolute Gasteiger partial charge is 0.0728 e. The van der Waals surface area contributed by atoms with Gasteiger partial charge in [0.1, 0.15) is 0 Å². The Kier molecular flexibility index (Phi) is 2.98. The summed E-state index contributed by atoms with van der Waals surface area (Å²) < 4.78 is 5.74. The third-order valence-electron chi connectivity index (χ3n) is 2.49. The first-order valence-corrected chi connectivity index (χ1v) is 5.67. The van der Waals surface area contributed by atoms with Crippen molar-refractivity contribution < 1.29 is 4.74 Å². The van der Waals surface area contributed by atoms with Gasteiger partial charge in [0.25, 0.3) is 0 Å². The largest absolute Gasteiger partial charge is 0.373 e. The fourth-order valence-electron chi connectivity index (χ4n) is 1.71. The standard InChI is InChI=1S/C10H15NOS/c11-9-1-2-10(5-9)12-6-8-3-4-13-7-8/h3-4,7,9-10H,1-2,5-6,11H2. The molecule has 1 heterocycles. The van der Waals surface area contributed by atoms with Crippen LogP contribution in [0.15, 0.2) is 16.8 Å². The van der Waals surface area contributed by atoms with Crippen molar-refractivity contribution in [3.05, 3.63) is 22.4 Å². The summed E-state index contributed by atoms with van der Waals surface area (Å²) in [5, 5.41) is 4.22. The molecule has 1 fully saturated rings. The van der Waals surface area contributed by atoms with Crippen LogP contribution in [-0.4, -0.2) is 12.1 Å². The molecule has 2 N–H and O–H groups in total. The van der Waals surface area contributed by atoms with E-state index < -0.39 is 0 Å². The molecular weight excluding hydrogens is 182 g/mol. The van der Waals surface area contributed by atoms with Gasteiger partial charge < -0.3 is 10.5 Å². The number of rotatable bonds is 3. The van der Waals surface area contributed by atoms with Crippen LogP contribution in [0.4, 0.5) is 0 Å². The van der Waals surface area contributed by atoms with E-state index in [2.05, 4.69) is 16.8 Å². The van der Waals surface area contributed by atoms with Crippen LogP contribution >= 0.6 is 11.3 Å². The highest BCUT2D eigenvalue weighted by atomic mass is 32.1. The molecule has 1 aromatic heterocycles. The predicted molar refractivity (Wildman–Crippen MR) is 54.7 cm³/mol. The van der Waals surface area contributed by atoms with Gasteiger partial charge in [-0.05, 0) is 41.7 Å². The van der Waals surface area contributed by atoms with E-state index in [0.29, 0.717) is 12.1 Å². The third kappa shape index (κ3) is 2.53. The second-order valence-corrected chi connectivity index (χ2v) is 4.42. The fraction of sp³-hybridized carbons (Fsp3) is 0.600. The molecule has 0 aliphatic heterocycles. The van der Waals surface area contributed by atoms with Crippen molar-refractivity contribution in [2.45, 2.75) is 38.0 Å². The van der Waals surface area contributed by atoms with E-state index in [-0.39, 0.29) is 0 Å². The van der Waals surface area contributed by atoms with Crippen LogP contribution in [-0.2, 0) is 11.3 Å². The maximum atomic E-state index is 5.80. The van der Waals surface area contributed by atoms with Crippen LogP contribution in [0.3, 0.4) is 0 Å². The summed E-state index contributed by atoms with van der Waals surface area (Å²) in [6, 6.07) is 2.48. The minimum absolute atomic E-state index is 0.368. The summed E-state index contributed by atoms with van der Waals surface area (Å²) in [6.45, 7) is 0.751. The van der Waals surface area contributed by atoms with Gasteiger partial charge in [-0.2, -0.15) is 11.3 Å². The van der Waals surface area contributed by atoms with E-state index in [4.69, 9.17) is 10.5 Å². The number of hydrogen-bond acceptors (Lipinski definition) is 3. The molecule has 0 amide bonds. The van der Waals surface area contributed by atoms with Crippen molar-refractivity contribution in [2.24, 2.45) is 5.73 Å². The molecule has 13 heavy (non-hydrogen) atoms. The van der Waals surface area contributed by atoms with Gasteiger partial charge in [0.2, 0.25) is 0 Å². The highest BCUT2D eigenvalue weighted by Gasteiger charge is 2.21. The Hall–Kier alpha value is -0.380. The minimum atomic E-state index is 0.368. The molecule has 0 radical (unpaired) electrons. The molecule has 1 aliphatic rings. The fourth-order valence-corrected chi connectivity index (χ4v) is 2.37. The van der Waals surface area contributed by atoms with Gasteiger partial charge in [-0.25, -0.2) is 0 Å². The quantitative estimate of drug-likeness (QED) is 0.805. The van der Waals surface area contributed by atoms with E-state index in [0.717, 1.165) is 25.9 Å². The monoisotopic (exact) mass is 197 g/mol. The molecule has 0 bridgehead atoms. The highest BCUT2D eigenvalue weighted by molar-refractivity contribution is 7.07. The van der Waals surface area contributed by atoms with Gasteiger partial charge in [0.15, 0.2) is 0 Å². The summed E-state index contributed by atoms with van der Waals surface area (Å²) in [7, 11) is 0. The molecule has 2 unspecified atom stereocenters.